The van der Waals surface area contributed by atoms with E-state index in [-0.39, 0.29) is 0 Å². The summed E-state index contributed by atoms with van der Waals surface area (Å²) in [6, 6.07) is 0. The lowest BCUT2D eigenvalue weighted by Gasteiger charge is -2.03. The Morgan fingerprint density at radius 2 is 1.67 bits per heavy atom. The largest absolute Gasteiger partial charge is 0.391 e. The van der Waals surface area contributed by atoms with Crippen molar-refractivity contribution in [1.29, 1.82) is 5.41 Å². The maximum absolute atomic E-state index is 7.24. The molecule has 2 heteroatoms. The zero-order valence-corrected chi connectivity index (χ0v) is 6.50. The fourth-order valence-electron chi connectivity index (χ4n) is 0.469. The molecule has 0 bridgehead atoms. The molecule has 0 fully saturated rings. The minimum Gasteiger partial charge on any atom is -0.391 e. The topological polar surface area (TPSA) is 35.9 Å². The molecular formula is C7H14N2. The third-order valence-corrected chi connectivity index (χ3v) is 1.50. The van der Waals surface area contributed by atoms with Crippen LogP contribution in [-0.4, -0.2) is 12.8 Å². The van der Waals surface area contributed by atoms with Crippen LogP contribution in [0.3, 0.4) is 0 Å². The Morgan fingerprint density at radius 1 is 1.22 bits per heavy atom. The minimum absolute atomic E-state index is 0.627. The Hall–Kier alpha value is -0.790. The highest BCUT2D eigenvalue weighted by molar-refractivity contribution is 5.95. The van der Waals surface area contributed by atoms with E-state index in [0.29, 0.717) is 5.71 Å². The molecule has 0 radical (unpaired) electrons. The quantitative estimate of drug-likeness (QED) is 0.541. The molecule has 0 unspecified atom stereocenters. The second-order valence-electron chi connectivity index (χ2n) is 2.12. The van der Waals surface area contributed by atoms with E-state index in [9.17, 15) is 0 Å². The number of allylic oxidation sites excluding steroid dienone is 2. The fourth-order valence-corrected chi connectivity index (χ4v) is 0.469. The molecule has 0 saturated carbocycles. The first-order valence-electron chi connectivity index (χ1n) is 3.00. The maximum atomic E-state index is 7.24. The average Bonchev–Trinajstić information content (AvgIpc) is 1.84. The molecule has 0 aromatic heterocycles. The van der Waals surface area contributed by atoms with E-state index < -0.39 is 0 Å². The summed E-state index contributed by atoms with van der Waals surface area (Å²) in [4.78, 5) is 0. The van der Waals surface area contributed by atoms with Gasteiger partial charge >= 0.3 is 0 Å². The second-order valence-corrected chi connectivity index (χ2v) is 2.12. The minimum atomic E-state index is 0.627. The van der Waals surface area contributed by atoms with Crippen molar-refractivity contribution in [2.45, 2.75) is 20.8 Å². The van der Waals surface area contributed by atoms with Gasteiger partial charge in [-0.05, 0) is 26.3 Å². The summed E-state index contributed by atoms with van der Waals surface area (Å²) >= 11 is 0. The van der Waals surface area contributed by atoms with Crippen molar-refractivity contribution in [2.75, 3.05) is 7.05 Å². The van der Waals surface area contributed by atoms with Gasteiger partial charge in [-0.1, -0.05) is 0 Å². The summed E-state index contributed by atoms with van der Waals surface area (Å²) in [6.07, 6.45) is 0. The van der Waals surface area contributed by atoms with Gasteiger partial charge in [0.15, 0.2) is 0 Å². The van der Waals surface area contributed by atoms with Crippen molar-refractivity contribution in [3.8, 4) is 0 Å². The van der Waals surface area contributed by atoms with E-state index in [1.807, 2.05) is 20.9 Å². The standard InChI is InChI=1S/C7H14N2/c1-5(6(2)8)7(3)9-4/h8-9H,1-4H3/b7-5-,8-6?. The number of nitrogens with one attached hydrogen (secondary N) is 2. The van der Waals surface area contributed by atoms with Gasteiger partial charge in [0.25, 0.3) is 0 Å². The van der Waals surface area contributed by atoms with Gasteiger partial charge in [-0.3, -0.25) is 0 Å². The summed E-state index contributed by atoms with van der Waals surface area (Å²) in [6.45, 7) is 5.69. The van der Waals surface area contributed by atoms with Crippen LogP contribution in [0.25, 0.3) is 0 Å². The molecule has 0 aliphatic rings. The van der Waals surface area contributed by atoms with Crippen LogP contribution in [0.5, 0.6) is 0 Å². The molecule has 0 atom stereocenters. The van der Waals surface area contributed by atoms with E-state index in [4.69, 9.17) is 5.41 Å². The van der Waals surface area contributed by atoms with Gasteiger partial charge in [-0.2, -0.15) is 0 Å². The monoisotopic (exact) mass is 126 g/mol. The summed E-state index contributed by atoms with van der Waals surface area (Å²) in [5.74, 6) is 0. The molecule has 52 valence electrons. The van der Waals surface area contributed by atoms with Crippen LogP contribution < -0.4 is 5.32 Å². The molecule has 0 aliphatic heterocycles. The maximum Gasteiger partial charge on any atom is 0.0329 e. The highest BCUT2D eigenvalue weighted by Gasteiger charge is 1.94. The van der Waals surface area contributed by atoms with Crippen molar-refractivity contribution in [3.05, 3.63) is 11.3 Å². The summed E-state index contributed by atoms with van der Waals surface area (Å²) in [5.41, 5.74) is 2.72. The van der Waals surface area contributed by atoms with Crippen LogP contribution in [0.1, 0.15) is 20.8 Å². The third-order valence-electron chi connectivity index (χ3n) is 1.50. The van der Waals surface area contributed by atoms with Gasteiger partial charge in [0.05, 0.1) is 0 Å². The van der Waals surface area contributed by atoms with Crippen LogP contribution in [0.15, 0.2) is 11.3 Å². The van der Waals surface area contributed by atoms with Crippen molar-refractivity contribution in [3.63, 3.8) is 0 Å². The number of hydrogen-bond donors (Lipinski definition) is 2. The van der Waals surface area contributed by atoms with Crippen LogP contribution in [0, 0.1) is 5.41 Å². The second kappa shape index (κ2) is 3.28. The summed E-state index contributed by atoms with van der Waals surface area (Å²) < 4.78 is 0. The van der Waals surface area contributed by atoms with Gasteiger partial charge in [0.2, 0.25) is 0 Å². The van der Waals surface area contributed by atoms with Crippen molar-refractivity contribution < 1.29 is 0 Å². The van der Waals surface area contributed by atoms with Crippen LogP contribution >= 0.6 is 0 Å². The molecular weight excluding hydrogens is 112 g/mol. The molecule has 2 N–H and O–H groups in total. The molecule has 0 amide bonds. The molecule has 2 nitrogen and oxygen atoms in total. The third kappa shape index (κ3) is 2.31. The molecule has 0 aromatic rings. The van der Waals surface area contributed by atoms with Gasteiger partial charge < -0.3 is 10.7 Å². The Labute approximate surface area is 56.5 Å². The predicted molar refractivity (Wildman–Crippen MR) is 40.8 cm³/mol. The molecule has 9 heavy (non-hydrogen) atoms. The first-order chi connectivity index (χ1) is 4.09. The van der Waals surface area contributed by atoms with Gasteiger partial charge in [0, 0.05) is 18.5 Å². The van der Waals surface area contributed by atoms with Gasteiger partial charge in [-0.25, -0.2) is 0 Å². The van der Waals surface area contributed by atoms with Crippen LogP contribution in [0.4, 0.5) is 0 Å². The highest BCUT2D eigenvalue weighted by Crippen LogP contribution is 1.99. The van der Waals surface area contributed by atoms with E-state index in [2.05, 4.69) is 5.32 Å². The lowest BCUT2D eigenvalue weighted by Crippen LogP contribution is -2.07. The lowest BCUT2D eigenvalue weighted by molar-refractivity contribution is 0.972. The van der Waals surface area contributed by atoms with Gasteiger partial charge in [-0.15, -0.1) is 0 Å². The van der Waals surface area contributed by atoms with E-state index in [1.54, 1.807) is 6.92 Å². The first kappa shape index (κ1) is 8.21. The molecule has 0 spiro atoms. The zero-order chi connectivity index (χ0) is 7.44. The fraction of sp³-hybridized carbons (Fsp3) is 0.571. The Morgan fingerprint density at radius 3 is 1.78 bits per heavy atom. The SMILES string of the molecule is CN/C(C)=C(/C)C(C)=N. The Kier molecular flexibility index (Phi) is 2.99. The van der Waals surface area contributed by atoms with E-state index >= 15 is 0 Å². The smallest absolute Gasteiger partial charge is 0.0329 e. The molecule has 0 aliphatic carbocycles. The average molecular weight is 126 g/mol. The highest BCUT2D eigenvalue weighted by atomic mass is 14.8. The Bertz CT molecular complexity index is 145. The van der Waals surface area contributed by atoms with Crippen molar-refractivity contribution >= 4 is 5.71 Å². The summed E-state index contributed by atoms with van der Waals surface area (Å²) in [5, 5.41) is 10.2. The number of hydrogen-bond acceptors (Lipinski definition) is 2. The lowest BCUT2D eigenvalue weighted by atomic mass is 10.2. The van der Waals surface area contributed by atoms with Crippen LogP contribution in [-0.2, 0) is 0 Å². The zero-order valence-electron chi connectivity index (χ0n) is 6.50. The molecule has 0 saturated heterocycles. The van der Waals surface area contributed by atoms with Crippen molar-refractivity contribution in [2.24, 2.45) is 0 Å². The summed E-state index contributed by atoms with van der Waals surface area (Å²) in [7, 11) is 1.86. The van der Waals surface area contributed by atoms with Crippen molar-refractivity contribution in [1.82, 2.24) is 5.32 Å². The molecule has 0 heterocycles. The molecule has 0 aromatic carbocycles. The molecule has 0 rings (SSSR count). The number of rotatable bonds is 2. The predicted octanol–water partition coefficient (Wildman–Crippen LogP) is 1.54. The van der Waals surface area contributed by atoms with Gasteiger partial charge in [0.1, 0.15) is 0 Å². The first-order valence-corrected chi connectivity index (χ1v) is 3.00. The van der Waals surface area contributed by atoms with Crippen LogP contribution in [0.2, 0.25) is 0 Å². The Balaban J connectivity index is 4.28. The van der Waals surface area contributed by atoms with E-state index in [1.165, 1.54) is 0 Å². The van der Waals surface area contributed by atoms with E-state index in [0.717, 1.165) is 11.3 Å². The normalized spacial score (nSPS) is 12.4.